The number of anilines is 1. The Morgan fingerprint density at radius 2 is 1.88 bits per heavy atom. The Morgan fingerprint density at radius 3 is 2.71 bits per heavy atom. The van der Waals surface area contributed by atoms with Gasteiger partial charge < -0.3 is 35.3 Å². The minimum Gasteiger partial charge on any atom is -0.454 e. The minimum absolute atomic E-state index is 0.0917. The molecule has 34 heavy (non-hydrogen) atoms. The zero-order valence-electron chi connectivity index (χ0n) is 18.2. The van der Waals surface area contributed by atoms with Crippen LogP contribution in [0.4, 0.5) is 19.3 Å². The molecule has 4 N–H and O–H groups in total. The van der Waals surface area contributed by atoms with Gasteiger partial charge in [-0.3, -0.25) is 4.79 Å². The van der Waals surface area contributed by atoms with E-state index in [0.717, 1.165) is 23.8 Å². The van der Waals surface area contributed by atoms with Gasteiger partial charge in [0, 0.05) is 12.6 Å². The lowest BCUT2D eigenvalue weighted by Crippen LogP contribution is -2.52. The Labute approximate surface area is 194 Å². The van der Waals surface area contributed by atoms with Crippen LogP contribution in [0, 0.1) is 11.6 Å². The lowest BCUT2D eigenvalue weighted by molar-refractivity contribution is -0.130. The van der Waals surface area contributed by atoms with E-state index in [1.54, 1.807) is 12.1 Å². The molecule has 0 radical (unpaired) electrons. The summed E-state index contributed by atoms with van der Waals surface area (Å²) in [5.74, 6) is -0.382. The summed E-state index contributed by atoms with van der Waals surface area (Å²) in [4.78, 5) is 24.6. The molecular formula is C23H25F2N3O6. The Hall–Kier alpha value is -3.44. The lowest BCUT2D eigenvalue weighted by atomic mass is 9.97. The Bertz CT molecular complexity index is 1050. The van der Waals surface area contributed by atoms with Crippen molar-refractivity contribution in [1.29, 1.82) is 0 Å². The van der Waals surface area contributed by atoms with E-state index in [1.165, 1.54) is 0 Å². The summed E-state index contributed by atoms with van der Waals surface area (Å²) in [6.07, 6.45) is -0.189. The van der Waals surface area contributed by atoms with E-state index < -0.39 is 35.9 Å². The number of ether oxygens (including phenoxy) is 3. The zero-order valence-corrected chi connectivity index (χ0v) is 18.2. The fraction of sp³-hybridized carbons (Fsp3) is 0.391. The first-order valence-electron chi connectivity index (χ1n) is 10.9. The number of urea groups is 1. The summed E-state index contributed by atoms with van der Waals surface area (Å²) in [5.41, 5.74) is 0.562. The summed E-state index contributed by atoms with van der Waals surface area (Å²) in [7, 11) is 0. The number of hydrogen-bond acceptors (Lipinski definition) is 6. The molecule has 0 spiro atoms. The number of hydrogen-bond donors (Lipinski definition) is 4. The SMILES string of the molecule is O=C(C[C@H]1CC[C@H](NC(=O)Nc2cc(F)ccc2F)[C@@H](CO)O1)NCc1ccc2c(c1)OCO2. The third-order valence-electron chi connectivity index (χ3n) is 5.63. The Kier molecular flexibility index (Phi) is 7.43. The van der Waals surface area contributed by atoms with Crippen molar-refractivity contribution >= 4 is 17.6 Å². The van der Waals surface area contributed by atoms with Crippen LogP contribution in [0.1, 0.15) is 24.8 Å². The van der Waals surface area contributed by atoms with Crippen LogP contribution in [-0.4, -0.2) is 48.7 Å². The molecule has 0 unspecified atom stereocenters. The number of aliphatic hydroxyl groups excluding tert-OH is 1. The predicted molar refractivity (Wildman–Crippen MR) is 116 cm³/mol. The van der Waals surface area contributed by atoms with E-state index in [-0.39, 0.29) is 31.4 Å². The number of aliphatic hydroxyl groups is 1. The van der Waals surface area contributed by atoms with Crippen molar-refractivity contribution in [3.8, 4) is 11.5 Å². The molecule has 0 aromatic heterocycles. The monoisotopic (exact) mass is 477 g/mol. The van der Waals surface area contributed by atoms with Crippen LogP contribution in [0.5, 0.6) is 11.5 Å². The van der Waals surface area contributed by atoms with Gasteiger partial charge in [-0.15, -0.1) is 0 Å². The number of nitrogens with one attached hydrogen (secondary N) is 3. The van der Waals surface area contributed by atoms with E-state index in [2.05, 4.69) is 16.0 Å². The van der Waals surface area contributed by atoms with E-state index in [1.807, 2.05) is 6.07 Å². The first-order chi connectivity index (χ1) is 16.4. The van der Waals surface area contributed by atoms with Gasteiger partial charge in [0.05, 0.1) is 30.9 Å². The van der Waals surface area contributed by atoms with Gasteiger partial charge in [0.1, 0.15) is 17.7 Å². The molecule has 1 saturated heterocycles. The number of carbonyl (C=O) groups excluding carboxylic acids is 2. The van der Waals surface area contributed by atoms with Crippen molar-refractivity contribution in [3.05, 3.63) is 53.6 Å². The van der Waals surface area contributed by atoms with Crippen LogP contribution >= 0.6 is 0 Å². The quantitative estimate of drug-likeness (QED) is 0.487. The first-order valence-corrected chi connectivity index (χ1v) is 10.9. The van der Waals surface area contributed by atoms with E-state index in [0.29, 0.717) is 30.9 Å². The first kappa shape index (κ1) is 23.7. The fourth-order valence-corrected chi connectivity index (χ4v) is 3.90. The van der Waals surface area contributed by atoms with Gasteiger partial charge in [0.25, 0.3) is 0 Å². The predicted octanol–water partition coefficient (Wildman–Crippen LogP) is 2.43. The maximum absolute atomic E-state index is 13.7. The molecule has 2 aliphatic rings. The highest BCUT2D eigenvalue weighted by molar-refractivity contribution is 5.89. The van der Waals surface area contributed by atoms with Crippen LogP contribution < -0.4 is 25.4 Å². The molecule has 0 aliphatic carbocycles. The number of benzene rings is 2. The van der Waals surface area contributed by atoms with Crippen molar-refractivity contribution < 1.29 is 37.7 Å². The molecule has 182 valence electrons. The van der Waals surface area contributed by atoms with Gasteiger partial charge >= 0.3 is 6.03 Å². The van der Waals surface area contributed by atoms with Gasteiger partial charge in [-0.2, -0.15) is 0 Å². The zero-order chi connectivity index (χ0) is 24.1. The second-order valence-corrected chi connectivity index (χ2v) is 8.05. The van der Waals surface area contributed by atoms with Crippen molar-refractivity contribution in [2.45, 2.75) is 44.1 Å². The molecular weight excluding hydrogens is 452 g/mol. The maximum atomic E-state index is 13.7. The summed E-state index contributed by atoms with van der Waals surface area (Å²) >= 11 is 0. The molecule has 11 heteroatoms. The second kappa shape index (κ2) is 10.7. The highest BCUT2D eigenvalue weighted by Crippen LogP contribution is 2.32. The average molecular weight is 477 g/mol. The third kappa shape index (κ3) is 5.91. The van der Waals surface area contributed by atoms with Crippen LogP contribution in [0.2, 0.25) is 0 Å². The molecule has 4 rings (SSSR count). The van der Waals surface area contributed by atoms with Crippen LogP contribution in [0.15, 0.2) is 36.4 Å². The van der Waals surface area contributed by atoms with E-state index >= 15 is 0 Å². The maximum Gasteiger partial charge on any atom is 0.319 e. The summed E-state index contributed by atoms with van der Waals surface area (Å²) in [6, 6.07) is 6.84. The Morgan fingerprint density at radius 1 is 1.06 bits per heavy atom. The van der Waals surface area contributed by atoms with Crippen molar-refractivity contribution in [2.24, 2.45) is 0 Å². The average Bonchev–Trinajstić information content (AvgIpc) is 3.29. The van der Waals surface area contributed by atoms with Crippen LogP contribution in [-0.2, 0) is 16.1 Å². The fourth-order valence-electron chi connectivity index (χ4n) is 3.90. The molecule has 3 amide bonds. The number of carbonyl (C=O) groups is 2. The summed E-state index contributed by atoms with van der Waals surface area (Å²) in [5, 5.41) is 17.4. The number of rotatable bonds is 7. The highest BCUT2D eigenvalue weighted by Gasteiger charge is 2.33. The number of fused-ring (bicyclic) bond motifs is 1. The molecule has 2 aromatic rings. The van der Waals surface area contributed by atoms with Gasteiger partial charge in [-0.25, -0.2) is 13.6 Å². The normalized spacial score (nSPS) is 21.1. The Balaban J connectivity index is 1.23. The van der Waals surface area contributed by atoms with Crippen LogP contribution in [0.3, 0.4) is 0 Å². The van der Waals surface area contributed by atoms with E-state index in [9.17, 15) is 23.5 Å². The van der Waals surface area contributed by atoms with Crippen molar-refractivity contribution in [1.82, 2.24) is 10.6 Å². The topological polar surface area (TPSA) is 118 Å². The highest BCUT2D eigenvalue weighted by atomic mass is 19.1. The largest absolute Gasteiger partial charge is 0.454 e. The van der Waals surface area contributed by atoms with Crippen molar-refractivity contribution in [3.63, 3.8) is 0 Å². The molecule has 1 fully saturated rings. The molecule has 2 aliphatic heterocycles. The lowest BCUT2D eigenvalue weighted by Gasteiger charge is -2.35. The van der Waals surface area contributed by atoms with Gasteiger partial charge in [0.15, 0.2) is 11.5 Å². The van der Waals surface area contributed by atoms with Gasteiger partial charge in [0.2, 0.25) is 12.7 Å². The molecule has 9 nitrogen and oxygen atoms in total. The smallest absolute Gasteiger partial charge is 0.319 e. The standard InChI is InChI=1S/C23H25F2N3O6/c24-14-2-4-16(25)18(8-14)28-23(31)27-17-5-3-15(34-21(17)11-29)9-22(30)26-10-13-1-6-19-20(7-13)33-12-32-19/h1-2,4,6-8,15,17,21,29H,3,5,9-12H2,(H,26,30)(H2,27,28,31)/t15-,17+,21-/m1/s1. The van der Waals surface area contributed by atoms with Gasteiger partial charge in [-0.1, -0.05) is 6.07 Å². The third-order valence-corrected chi connectivity index (χ3v) is 5.63. The van der Waals surface area contributed by atoms with Gasteiger partial charge in [-0.05, 0) is 42.7 Å². The number of amides is 3. The van der Waals surface area contributed by atoms with E-state index in [4.69, 9.17) is 14.2 Å². The molecule has 2 aromatic carbocycles. The molecule has 0 bridgehead atoms. The summed E-state index contributed by atoms with van der Waals surface area (Å²) in [6.45, 7) is 0.108. The second-order valence-electron chi connectivity index (χ2n) is 8.05. The van der Waals surface area contributed by atoms with Crippen molar-refractivity contribution in [2.75, 3.05) is 18.7 Å². The van der Waals surface area contributed by atoms with Crippen LogP contribution in [0.25, 0.3) is 0 Å². The minimum atomic E-state index is -0.776. The number of halogens is 2. The summed E-state index contributed by atoms with van der Waals surface area (Å²) < 4.78 is 43.4. The molecule has 0 saturated carbocycles. The molecule has 2 heterocycles. The molecule has 3 atom stereocenters.